The van der Waals surface area contributed by atoms with Gasteiger partial charge in [-0.2, -0.15) is 0 Å². The number of hydrogen-bond donors (Lipinski definition) is 3. The monoisotopic (exact) mass is 258 g/mol. The molecule has 4 N–H and O–H groups in total. The zero-order chi connectivity index (χ0) is 13.3. The van der Waals surface area contributed by atoms with E-state index in [2.05, 4.69) is 15.3 Å². The van der Waals surface area contributed by atoms with Crippen molar-refractivity contribution in [2.24, 2.45) is 5.41 Å². The molecule has 0 amide bonds. The Kier molecular flexibility index (Phi) is 2.98. The lowest BCUT2D eigenvalue weighted by molar-refractivity contribution is 0.253. The minimum atomic E-state index is 0.231. The second-order valence-corrected chi connectivity index (χ2v) is 5.27. The van der Waals surface area contributed by atoms with Gasteiger partial charge in [0.05, 0.1) is 11.0 Å². The van der Waals surface area contributed by atoms with E-state index in [9.17, 15) is 0 Å². The number of nitrogens with one attached hydrogen (secondary N) is 1. The maximum atomic E-state index is 9.05. The summed E-state index contributed by atoms with van der Waals surface area (Å²) in [7, 11) is 0. The van der Waals surface area contributed by atoms with Gasteiger partial charge in [0.1, 0.15) is 0 Å². The van der Waals surface area contributed by atoms with E-state index >= 15 is 0 Å². The number of nitrogens with two attached hydrogens (primary N) is 1. The number of para-hydroxylation sites is 2. The molecule has 0 aliphatic heterocycles. The highest BCUT2D eigenvalue weighted by Crippen LogP contribution is 2.48. The van der Waals surface area contributed by atoms with E-state index < -0.39 is 0 Å². The lowest BCUT2D eigenvalue weighted by Crippen LogP contribution is -2.18. The first-order valence-electron chi connectivity index (χ1n) is 6.59. The molecule has 3 rings (SSSR count). The molecule has 5 heteroatoms. The van der Waals surface area contributed by atoms with E-state index in [1.165, 1.54) is 0 Å². The number of rotatable bonds is 5. The third-order valence-electron chi connectivity index (χ3n) is 3.83. The number of fused-ring (bicyclic) bond motifs is 1. The van der Waals surface area contributed by atoms with Crippen LogP contribution < -0.4 is 11.1 Å². The third kappa shape index (κ3) is 2.46. The SMILES string of the molecule is Nc1nc2ccccc2nc1NCC1(CCO)CC1. The maximum Gasteiger partial charge on any atom is 0.169 e. The van der Waals surface area contributed by atoms with Crippen molar-refractivity contribution < 1.29 is 5.11 Å². The van der Waals surface area contributed by atoms with Crippen LogP contribution in [0.1, 0.15) is 19.3 Å². The van der Waals surface area contributed by atoms with Gasteiger partial charge in [-0.25, -0.2) is 9.97 Å². The molecule has 0 radical (unpaired) electrons. The molecule has 0 atom stereocenters. The third-order valence-corrected chi connectivity index (χ3v) is 3.83. The summed E-state index contributed by atoms with van der Waals surface area (Å²) in [6.45, 7) is 1.03. The van der Waals surface area contributed by atoms with Gasteiger partial charge in [-0.15, -0.1) is 0 Å². The number of nitrogens with zero attached hydrogens (tertiary/aromatic N) is 2. The Morgan fingerprint density at radius 3 is 2.53 bits per heavy atom. The van der Waals surface area contributed by atoms with Crippen molar-refractivity contribution in [1.82, 2.24) is 9.97 Å². The summed E-state index contributed by atoms with van der Waals surface area (Å²) in [5, 5.41) is 12.3. The fourth-order valence-electron chi connectivity index (χ4n) is 2.34. The van der Waals surface area contributed by atoms with Crippen molar-refractivity contribution in [3.63, 3.8) is 0 Å². The second kappa shape index (κ2) is 4.66. The smallest absolute Gasteiger partial charge is 0.169 e. The van der Waals surface area contributed by atoms with Crippen LogP contribution in [-0.4, -0.2) is 28.2 Å². The summed E-state index contributed by atoms with van der Waals surface area (Å²) in [5.74, 6) is 1.07. The molecule has 1 saturated carbocycles. The van der Waals surface area contributed by atoms with E-state index in [-0.39, 0.29) is 12.0 Å². The summed E-state index contributed by atoms with van der Waals surface area (Å²) in [5.41, 5.74) is 7.80. The van der Waals surface area contributed by atoms with Crippen molar-refractivity contribution in [2.75, 3.05) is 24.2 Å². The number of nitrogen functional groups attached to an aromatic ring is 1. The summed E-state index contributed by atoms with van der Waals surface area (Å²) in [4.78, 5) is 8.85. The van der Waals surface area contributed by atoms with Crippen molar-refractivity contribution in [3.05, 3.63) is 24.3 Å². The van der Waals surface area contributed by atoms with Gasteiger partial charge < -0.3 is 16.2 Å². The normalized spacial score (nSPS) is 16.5. The molecule has 1 heterocycles. The fraction of sp³-hybridized carbons (Fsp3) is 0.429. The van der Waals surface area contributed by atoms with Gasteiger partial charge in [-0.1, -0.05) is 12.1 Å². The molecule has 5 nitrogen and oxygen atoms in total. The Morgan fingerprint density at radius 2 is 1.89 bits per heavy atom. The highest BCUT2D eigenvalue weighted by molar-refractivity contribution is 5.79. The van der Waals surface area contributed by atoms with Gasteiger partial charge >= 0.3 is 0 Å². The van der Waals surface area contributed by atoms with Crippen LogP contribution in [0.4, 0.5) is 11.6 Å². The van der Waals surface area contributed by atoms with Gasteiger partial charge in [-0.3, -0.25) is 0 Å². The zero-order valence-corrected chi connectivity index (χ0v) is 10.8. The molecule has 1 fully saturated rings. The van der Waals surface area contributed by atoms with Crippen molar-refractivity contribution in [3.8, 4) is 0 Å². The first-order chi connectivity index (χ1) is 9.22. The van der Waals surface area contributed by atoms with E-state index in [0.717, 1.165) is 36.8 Å². The number of aromatic nitrogens is 2. The number of benzene rings is 1. The molecule has 2 aromatic rings. The Hall–Kier alpha value is -1.88. The number of aliphatic hydroxyl groups is 1. The lowest BCUT2D eigenvalue weighted by atomic mass is 10.0. The highest BCUT2D eigenvalue weighted by Gasteiger charge is 2.41. The molecular weight excluding hydrogens is 240 g/mol. The average Bonchev–Trinajstić information content (AvgIpc) is 3.17. The van der Waals surface area contributed by atoms with Gasteiger partial charge in [-0.05, 0) is 36.8 Å². The van der Waals surface area contributed by atoms with Crippen LogP contribution in [-0.2, 0) is 0 Å². The quantitative estimate of drug-likeness (QED) is 0.761. The van der Waals surface area contributed by atoms with Gasteiger partial charge in [0.2, 0.25) is 0 Å². The molecule has 0 saturated heterocycles. The van der Waals surface area contributed by atoms with E-state index in [1.54, 1.807) is 0 Å². The van der Waals surface area contributed by atoms with Gasteiger partial charge in [0.25, 0.3) is 0 Å². The molecule has 0 bridgehead atoms. The molecule has 1 aromatic heterocycles. The molecule has 100 valence electrons. The number of hydrogen-bond acceptors (Lipinski definition) is 5. The minimum Gasteiger partial charge on any atom is -0.396 e. The zero-order valence-electron chi connectivity index (χ0n) is 10.8. The summed E-state index contributed by atoms with van der Waals surface area (Å²) < 4.78 is 0. The molecular formula is C14H18N4O. The first-order valence-corrected chi connectivity index (χ1v) is 6.59. The highest BCUT2D eigenvalue weighted by atomic mass is 16.3. The van der Waals surface area contributed by atoms with E-state index in [4.69, 9.17) is 10.8 Å². The molecule has 1 aliphatic rings. The summed E-state index contributed by atoms with van der Waals surface area (Å²) in [6.07, 6.45) is 3.14. The molecule has 0 unspecified atom stereocenters. The number of anilines is 2. The van der Waals surface area contributed by atoms with Crippen LogP contribution in [0.5, 0.6) is 0 Å². The van der Waals surface area contributed by atoms with Crippen LogP contribution in [0, 0.1) is 5.41 Å². The van der Waals surface area contributed by atoms with Crippen molar-refractivity contribution >= 4 is 22.7 Å². The van der Waals surface area contributed by atoms with E-state index in [0.29, 0.717) is 11.6 Å². The van der Waals surface area contributed by atoms with Crippen LogP contribution in [0.3, 0.4) is 0 Å². The topological polar surface area (TPSA) is 84.1 Å². The molecule has 1 aliphatic carbocycles. The van der Waals surface area contributed by atoms with Crippen LogP contribution in [0.2, 0.25) is 0 Å². The lowest BCUT2D eigenvalue weighted by Gasteiger charge is -2.16. The molecule has 19 heavy (non-hydrogen) atoms. The maximum absolute atomic E-state index is 9.05. The first kappa shape index (κ1) is 12.2. The van der Waals surface area contributed by atoms with Gasteiger partial charge in [0, 0.05) is 13.2 Å². The predicted molar refractivity (Wildman–Crippen MR) is 75.8 cm³/mol. The van der Waals surface area contributed by atoms with E-state index in [1.807, 2.05) is 24.3 Å². The van der Waals surface area contributed by atoms with Crippen LogP contribution in [0.25, 0.3) is 11.0 Å². The minimum absolute atomic E-state index is 0.231. The van der Waals surface area contributed by atoms with Crippen LogP contribution >= 0.6 is 0 Å². The van der Waals surface area contributed by atoms with Crippen molar-refractivity contribution in [1.29, 1.82) is 0 Å². The van der Waals surface area contributed by atoms with Crippen molar-refractivity contribution in [2.45, 2.75) is 19.3 Å². The summed E-state index contributed by atoms with van der Waals surface area (Å²) >= 11 is 0. The standard InChI is InChI=1S/C14H18N4O/c15-12-13(16-9-14(5-6-14)7-8-19)18-11-4-2-1-3-10(11)17-12/h1-4,19H,5-9H2,(H2,15,17)(H,16,18). The predicted octanol–water partition coefficient (Wildman–Crippen LogP) is 1.79. The molecule has 0 spiro atoms. The Labute approximate surface area is 111 Å². The number of aliphatic hydroxyl groups excluding tert-OH is 1. The Bertz CT molecular complexity index is 595. The average molecular weight is 258 g/mol. The Morgan fingerprint density at radius 1 is 1.21 bits per heavy atom. The second-order valence-electron chi connectivity index (χ2n) is 5.27. The van der Waals surface area contributed by atoms with Gasteiger partial charge in [0.15, 0.2) is 11.6 Å². The summed E-state index contributed by atoms with van der Waals surface area (Å²) in [6, 6.07) is 7.68. The fourth-order valence-corrected chi connectivity index (χ4v) is 2.34. The Balaban J connectivity index is 1.79. The largest absolute Gasteiger partial charge is 0.396 e. The van der Waals surface area contributed by atoms with Crippen LogP contribution in [0.15, 0.2) is 24.3 Å². The molecule has 1 aromatic carbocycles.